The molecule has 18 heavy (non-hydrogen) atoms. The van der Waals surface area contributed by atoms with Crippen LogP contribution in [0.3, 0.4) is 0 Å². The zero-order valence-electron chi connectivity index (χ0n) is 10.9. The molecule has 6 heteroatoms. The molecule has 0 aromatic carbocycles. The van der Waals surface area contributed by atoms with Crippen molar-refractivity contribution in [3.8, 4) is 0 Å². The molecule has 0 atom stereocenters. The minimum absolute atomic E-state index is 0. The third kappa shape index (κ3) is 4.38. The van der Waals surface area contributed by atoms with Gasteiger partial charge in [-0.15, -0.1) is 35.3 Å². The van der Waals surface area contributed by atoms with Gasteiger partial charge in [0.1, 0.15) is 5.01 Å². The van der Waals surface area contributed by atoms with Crippen molar-refractivity contribution in [2.24, 2.45) is 4.99 Å². The lowest BCUT2D eigenvalue weighted by atomic mass is 9.93. The first kappa shape index (κ1) is 15.7. The highest BCUT2D eigenvalue weighted by atomic mass is 127. The van der Waals surface area contributed by atoms with Crippen molar-refractivity contribution in [2.45, 2.75) is 45.2 Å². The van der Waals surface area contributed by atoms with E-state index in [1.807, 2.05) is 13.2 Å². The molecular weight excluding hydrogens is 359 g/mol. The van der Waals surface area contributed by atoms with Crippen LogP contribution in [0.5, 0.6) is 0 Å². The second-order valence-corrected chi connectivity index (χ2v) is 5.47. The third-order valence-corrected chi connectivity index (χ3v) is 4.17. The molecule has 0 unspecified atom stereocenters. The maximum Gasteiger partial charge on any atom is 0.191 e. The van der Waals surface area contributed by atoms with Crippen molar-refractivity contribution in [2.75, 3.05) is 7.05 Å². The lowest BCUT2D eigenvalue weighted by Gasteiger charge is -2.28. The monoisotopic (exact) mass is 380 g/mol. The van der Waals surface area contributed by atoms with Crippen molar-refractivity contribution in [1.29, 1.82) is 0 Å². The Morgan fingerprint density at radius 1 is 1.56 bits per heavy atom. The standard InChI is InChI=1S/C12H20N4S.HI/c1-3-10-7-14-11(17-10)8-15-12(13-2)16-9-5-4-6-9;/h7,9H,3-6,8H2,1-2H3,(H2,13,15,16);1H. The molecule has 1 aromatic rings. The maximum atomic E-state index is 4.38. The summed E-state index contributed by atoms with van der Waals surface area (Å²) in [6.07, 6.45) is 6.88. The summed E-state index contributed by atoms with van der Waals surface area (Å²) in [4.78, 5) is 9.94. The first-order chi connectivity index (χ1) is 8.31. The molecule has 0 bridgehead atoms. The predicted molar refractivity (Wildman–Crippen MR) is 87.9 cm³/mol. The highest BCUT2D eigenvalue weighted by Gasteiger charge is 2.18. The molecule has 0 saturated heterocycles. The van der Waals surface area contributed by atoms with Gasteiger partial charge in [0.25, 0.3) is 0 Å². The Morgan fingerprint density at radius 2 is 2.33 bits per heavy atom. The van der Waals surface area contributed by atoms with E-state index in [1.54, 1.807) is 11.3 Å². The van der Waals surface area contributed by atoms with E-state index in [-0.39, 0.29) is 24.0 Å². The van der Waals surface area contributed by atoms with Crippen LogP contribution in [0, 0.1) is 0 Å². The number of aryl methyl sites for hydroxylation is 1. The van der Waals surface area contributed by atoms with Gasteiger partial charge >= 0.3 is 0 Å². The van der Waals surface area contributed by atoms with E-state index in [9.17, 15) is 0 Å². The predicted octanol–water partition coefficient (Wildman–Crippen LogP) is 2.54. The van der Waals surface area contributed by atoms with Crippen LogP contribution in [0.4, 0.5) is 0 Å². The van der Waals surface area contributed by atoms with Gasteiger partial charge in [-0.1, -0.05) is 6.92 Å². The van der Waals surface area contributed by atoms with E-state index in [2.05, 4.69) is 27.5 Å². The fraction of sp³-hybridized carbons (Fsp3) is 0.667. The largest absolute Gasteiger partial charge is 0.354 e. The van der Waals surface area contributed by atoms with Crippen LogP contribution in [-0.2, 0) is 13.0 Å². The number of nitrogens with one attached hydrogen (secondary N) is 2. The quantitative estimate of drug-likeness (QED) is 0.480. The molecule has 1 fully saturated rings. The molecule has 102 valence electrons. The molecule has 1 heterocycles. The molecule has 2 rings (SSSR count). The lowest BCUT2D eigenvalue weighted by Crippen LogP contribution is -2.45. The Labute approximate surface area is 130 Å². The van der Waals surface area contributed by atoms with E-state index in [0.29, 0.717) is 6.04 Å². The van der Waals surface area contributed by atoms with E-state index in [4.69, 9.17) is 0 Å². The van der Waals surface area contributed by atoms with E-state index < -0.39 is 0 Å². The molecule has 0 amide bonds. The molecule has 0 aliphatic heterocycles. The summed E-state index contributed by atoms with van der Waals surface area (Å²) in [7, 11) is 1.81. The van der Waals surface area contributed by atoms with Crippen LogP contribution in [0.2, 0.25) is 0 Å². The maximum absolute atomic E-state index is 4.38. The Hall–Kier alpha value is -0.370. The molecule has 1 aliphatic carbocycles. The van der Waals surface area contributed by atoms with Gasteiger partial charge in [0, 0.05) is 24.2 Å². The Morgan fingerprint density at radius 3 is 2.83 bits per heavy atom. The van der Waals surface area contributed by atoms with Gasteiger partial charge in [0.05, 0.1) is 6.54 Å². The zero-order valence-corrected chi connectivity index (χ0v) is 14.0. The first-order valence-electron chi connectivity index (χ1n) is 6.22. The number of rotatable bonds is 4. The van der Waals surface area contributed by atoms with Crippen LogP contribution in [0.15, 0.2) is 11.2 Å². The fourth-order valence-corrected chi connectivity index (χ4v) is 2.50. The van der Waals surface area contributed by atoms with Gasteiger partial charge < -0.3 is 10.6 Å². The van der Waals surface area contributed by atoms with Gasteiger partial charge in [-0.05, 0) is 25.7 Å². The number of aromatic nitrogens is 1. The highest BCUT2D eigenvalue weighted by molar-refractivity contribution is 14.0. The second-order valence-electron chi connectivity index (χ2n) is 4.27. The Balaban J connectivity index is 0.00000162. The summed E-state index contributed by atoms with van der Waals surface area (Å²) < 4.78 is 0. The zero-order chi connectivity index (χ0) is 12.1. The average molecular weight is 380 g/mol. The van der Waals surface area contributed by atoms with Crippen molar-refractivity contribution in [1.82, 2.24) is 15.6 Å². The van der Waals surface area contributed by atoms with Crippen molar-refractivity contribution in [3.05, 3.63) is 16.1 Å². The molecule has 1 saturated carbocycles. The van der Waals surface area contributed by atoms with Gasteiger partial charge in [-0.25, -0.2) is 4.98 Å². The normalized spacial score (nSPS) is 15.8. The number of halogens is 1. The van der Waals surface area contributed by atoms with Gasteiger partial charge in [-0.3, -0.25) is 4.99 Å². The van der Waals surface area contributed by atoms with Crippen molar-refractivity contribution >= 4 is 41.3 Å². The van der Waals surface area contributed by atoms with Gasteiger partial charge in [-0.2, -0.15) is 0 Å². The fourth-order valence-electron chi connectivity index (χ4n) is 1.69. The summed E-state index contributed by atoms with van der Waals surface area (Å²) in [6, 6.07) is 0.615. The topological polar surface area (TPSA) is 49.3 Å². The van der Waals surface area contributed by atoms with E-state index in [0.717, 1.165) is 23.9 Å². The van der Waals surface area contributed by atoms with Crippen LogP contribution in [-0.4, -0.2) is 24.0 Å². The summed E-state index contributed by atoms with van der Waals surface area (Å²) in [5.41, 5.74) is 0. The number of thiazole rings is 1. The minimum atomic E-state index is 0. The molecule has 0 spiro atoms. The summed E-state index contributed by atoms with van der Waals surface area (Å²) in [5.74, 6) is 0.892. The van der Waals surface area contributed by atoms with E-state index >= 15 is 0 Å². The molecule has 2 N–H and O–H groups in total. The summed E-state index contributed by atoms with van der Waals surface area (Å²) in [5, 5.41) is 7.84. The second kappa shape index (κ2) is 7.93. The molecule has 1 aromatic heterocycles. The van der Waals surface area contributed by atoms with Crippen molar-refractivity contribution < 1.29 is 0 Å². The smallest absolute Gasteiger partial charge is 0.191 e. The lowest BCUT2D eigenvalue weighted by molar-refractivity contribution is 0.380. The summed E-state index contributed by atoms with van der Waals surface area (Å²) >= 11 is 1.77. The van der Waals surface area contributed by atoms with Crippen LogP contribution >= 0.6 is 35.3 Å². The van der Waals surface area contributed by atoms with Gasteiger partial charge in [0.2, 0.25) is 0 Å². The highest BCUT2D eigenvalue weighted by Crippen LogP contribution is 2.17. The third-order valence-electron chi connectivity index (χ3n) is 3.03. The number of hydrogen-bond acceptors (Lipinski definition) is 3. The first-order valence-corrected chi connectivity index (χ1v) is 7.04. The molecule has 0 radical (unpaired) electrons. The average Bonchev–Trinajstić information content (AvgIpc) is 2.75. The number of hydrogen-bond donors (Lipinski definition) is 2. The number of guanidine groups is 1. The number of aliphatic imine (C=N–C) groups is 1. The molecule has 4 nitrogen and oxygen atoms in total. The summed E-state index contributed by atoms with van der Waals surface area (Å²) in [6.45, 7) is 2.92. The molecule has 1 aliphatic rings. The van der Waals surface area contributed by atoms with Crippen molar-refractivity contribution in [3.63, 3.8) is 0 Å². The Kier molecular flexibility index (Phi) is 6.91. The van der Waals surface area contributed by atoms with Gasteiger partial charge in [0.15, 0.2) is 5.96 Å². The minimum Gasteiger partial charge on any atom is -0.354 e. The number of nitrogens with zero attached hydrogens (tertiary/aromatic N) is 2. The van der Waals surface area contributed by atoms with Crippen LogP contribution in [0.25, 0.3) is 0 Å². The van der Waals surface area contributed by atoms with E-state index in [1.165, 1.54) is 24.1 Å². The van der Waals surface area contributed by atoms with Crippen LogP contribution in [0.1, 0.15) is 36.1 Å². The molecular formula is C12H21IN4S. The Bertz CT molecular complexity index is 387. The van der Waals surface area contributed by atoms with Crippen LogP contribution < -0.4 is 10.6 Å². The SMILES string of the molecule is CCc1cnc(CNC(=NC)NC2CCC2)s1.I.